The number of para-hydroxylation sites is 1. The number of hydrogen-bond donors (Lipinski definition) is 2. The number of aromatic amines is 2. The van der Waals surface area contributed by atoms with Crippen LogP contribution in [-0.4, -0.2) is 19.5 Å². The largest absolute Gasteiger partial charge is 0.326 e. The number of nitrogens with zero attached hydrogens (tertiary/aromatic N) is 2. The summed E-state index contributed by atoms with van der Waals surface area (Å²) >= 11 is 0. The summed E-state index contributed by atoms with van der Waals surface area (Å²) in [5, 5.41) is 0. The first kappa shape index (κ1) is 11.1. The Kier molecular flexibility index (Phi) is 2.38. The first-order chi connectivity index (χ1) is 9.16. The predicted octanol–water partition coefficient (Wildman–Crippen LogP) is -0.238. The average Bonchev–Trinajstić information content (AvgIpc) is 2.41. The van der Waals surface area contributed by atoms with E-state index >= 15 is 0 Å². The van der Waals surface area contributed by atoms with Crippen LogP contribution in [0.1, 0.15) is 0 Å². The van der Waals surface area contributed by atoms with Crippen LogP contribution in [0.15, 0.2) is 51.0 Å². The van der Waals surface area contributed by atoms with Crippen LogP contribution in [0.25, 0.3) is 16.7 Å². The maximum absolute atomic E-state index is 12.2. The number of fused-ring (bicyclic) bond motifs is 1. The van der Waals surface area contributed by atoms with Crippen LogP contribution in [0, 0.1) is 0 Å². The molecule has 0 aliphatic heterocycles. The molecule has 0 bridgehead atoms. The lowest BCUT2D eigenvalue weighted by Gasteiger charge is -2.05. The fourth-order valence-corrected chi connectivity index (χ4v) is 1.82. The summed E-state index contributed by atoms with van der Waals surface area (Å²) < 4.78 is 1.26. The molecule has 0 saturated heterocycles. The van der Waals surface area contributed by atoms with Gasteiger partial charge < -0.3 is 4.98 Å². The summed E-state index contributed by atoms with van der Waals surface area (Å²) in [7, 11) is 0. The minimum Gasteiger partial charge on any atom is -0.301 e. The molecule has 7 nitrogen and oxygen atoms in total. The van der Waals surface area contributed by atoms with Crippen LogP contribution in [-0.2, 0) is 0 Å². The predicted molar refractivity (Wildman–Crippen MR) is 68.6 cm³/mol. The molecule has 0 unspecified atom stereocenters. The molecule has 0 spiro atoms. The molecular formula is C12H8N4O3. The van der Waals surface area contributed by atoms with Crippen LogP contribution >= 0.6 is 0 Å². The van der Waals surface area contributed by atoms with Crippen molar-refractivity contribution in [1.82, 2.24) is 19.5 Å². The van der Waals surface area contributed by atoms with Gasteiger partial charge in [0.15, 0.2) is 5.52 Å². The van der Waals surface area contributed by atoms with E-state index < -0.39 is 16.8 Å². The molecule has 19 heavy (non-hydrogen) atoms. The van der Waals surface area contributed by atoms with E-state index in [1.165, 1.54) is 10.9 Å². The van der Waals surface area contributed by atoms with Gasteiger partial charge in [0.25, 0.3) is 11.1 Å². The Balaban J connectivity index is 2.43. The molecule has 3 rings (SSSR count). The zero-order valence-electron chi connectivity index (χ0n) is 9.58. The first-order valence-corrected chi connectivity index (χ1v) is 5.46. The zero-order valence-corrected chi connectivity index (χ0v) is 9.58. The van der Waals surface area contributed by atoms with Crippen molar-refractivity contribution < 1.29 is 0 Å². The monoisotopic (exact) mass is 256 g/mol. The van der Waals surface area contributed by atoms with Gasteiger partial charge in [-0.3, -0.25) is 19.1 Å². The van der Waals surface area contributed by atoms with Gasteiger partial charge in [-0.15, -0.1) is 0 Å². The molecule has 3 aromatic rings. The fourth-order valence-electron chi connectivity index (χ4n) is 1.82. The van der Waals surface area contributed by atoms with Crippen LogP contribution in [0.5, 0.6) is 0 Å². The Morgan fingerprint density at radius 2 is 1.74 bits per heavy atom. The topological polar surface area (TPSA) is 101 Å². The maximum atomic E-state index is 12.2. The molecule has 0 radical (unpaired) electrons. The molecule has 94 valence electrons. The summed E-state index contributed by atoms with van der Waals surface area (Å²) in [4.78, 5) is 43.2. The Morgan fingerprint density at radius 1 is 1.00 bits per heavy atom. The molecule has 2 N–H and O–H groups in total. The van der Waals surface area contributed by atoms with Crippen molar-refractivity contribution in [2.75, 3.05) is 0 Å². The highest BCUT2D eigenvalue weighted by atomic mass is 16.2. The van der Waals surface area contributed by atoms with Crippen molar-refractivity contribution in [2.45, 2.75) is 0 Å². The van der Waals surface area contributed by atoms with E-state index in [9.17, 15) is 14.4 Å². The van der Waals surface area contributed by atoms with Crippen molar-refractivity contribution in [2.24, 2.45) is 0 Å². The highest BCUT2D eigenvalue weighted by molar-refractivity contribution is 5.71. The molecule has 0 atom stereocenters. The Bertz CT molecular complexity index is 921. The van der Waals surface area contributed by atoms with Crippen LogP contribution in [0.3, 0.4) is 0 Å². The van der Waals surface area contributed by atoms with Crippen LogP contribution in [0.4, 0.5) is 0 Å². The van der Waals surface area contributed by atoms with E-state index in [-0.39, 0.29) is 11.0 Å². The number of rotatable bonds is 1. The number of aromatic nitrogens is 4. The van der Waals surface area contributed by atoms with Crippen LogP contribution in [0.2, 0.25) is 0 Å². The number of hydrogen-bond acceptors (Lipinski definition) is 4. The Labute approximate surface area is 105 Å². The molecule has 0 fully saturated rings. The lowest BCUT2D eigenvalue weighted by molar-refractivity contribution is 0.937. The fraction of sp³-hybridized carbons (Fsp3) is 0. The standard InChI is InChI=1S/C12H8N4O3/c17-10-8-9(14-12(19)15-10)11(18)16(6-13-8)7-4-2-1-3-5-7/h1-6H,(H2,14,15,17,19). The van der Waals surface area contributed by atoms with Gasteiger partial charge in [0, 0.05) is 0 Å². The van der Waals surface area contributed by atoms with E-state index in [0.717, 1.165) is 0 Å². The van der Waals surface area contributed by atoms with Crippen molar-refractivity contribution in [3.8, 4) is 5.69 Å². The third kappa shape index (κ3) is 1.77. The summed E-state index contributed by atoms with van der Waals surface area (Å²) in [5.74, 6) is 0. The summed E-state index contributed by atoms with van der Waals surface area (Å²) in [5.41, 5.74) is -1.52. The number of nitrogens with one attached hydrogen (secondary N) is 2. The molecule has 0 aliphatic carbocycles. The highest BCUT2D eigenvalue weighted by Gasteiger charge is 2.09. The normalized spacial score (nSPS) is 10.7. The minimum absolute atomic E-state index is 0.0863. The van der Waals surface area contributed by atoms with E-state index in [2.05, 4.69) is 9.97 Å². The van der Waals surface area contributed by atoms with Gasteiger partial charge in [-0.2, -0.15) is 0 Å². The van der Waals surface area contributed by atoms with Crippen molar-refractivity contribution in [1.29, 1.82) is 0 Å². The molecule has 0 saturated carbocycles. The second kappa shape index (κ2) is 4.05. The van der Waals surface area contributed by atoms with Gasteiger partial charge in [-0.25, -0.2) is 9.78 Å². The van der Waals surface area contributed by atoms with E-state index in [0.29, 0.717) is 5.69 Å². The third-order valence-electron chi connectivity index (χ3n) is 2.69. The van der Waals surface area contributed by atoms with Gasteiger partial charge in [0.05, 0.1) is 5.69 Å². The van der Waals surface area contributed by atoms with Gasteiger partial charge in [-0.05, 0) is 12.1 Å². The highest BCUT2D eigenvalue weighted by Crippen LogP contribution is 2.04. The molecule has 7 heteroatoms. The molecule has 2 aromatic heterocycles. The van der Waals surface area contributed by atoms with Crippen molar-refractivity contribution >= 4 is 11.0 Å². The van der Waals surface area contributed by atoms with E-state index in [1.54, 1.807) is 24.3 Å². The van der Waals surface area contributed by atoms with Gasteiger partial charge in [0.2, 0.25) is 0 Å². The second-order valence-electron chi connectivity index (χ2n) is 3.89. The van der Waals surface area contributed by atoms with Gasteiger partial charge >= 0.3 is 5.69 Å². The van der Waals surface area contributed by atoms with Gasteiger partial charge in [0.1, 0.15) is 11.8 Å². The molecule has 0 amide bonds. The second-order valence-corrected chi connectivity index (χ2v) is 3.89. The Morgan fingerprint density at radius 3 is 2.47 bits per heavy atom. The van der Waals surface area contributed by atoms with Gasteiger partial charge in [-0.1, -0.05) is 18.2 Å². The minimum atomic E-state index is -0.734. The van der Waals surface area contributed by atoms with E-state index in [4.69, 9.17) is 0 Å². The number of benzene rings is 1. The quantitative estimate of drug-likeness (QED) is 0.627. The lowest BCUT2D eigenvalue weighted by atomic mass is 10.3. The number of H-pyrrole nitrogens is 2. The first-order valence-electron chi connectivity index (χ1n) is 5.46. The van der Waals surface area contributed by atoms with Crippen LogP contribution < -0.4 is 16.8 Å². The Hall–Kier alpha value is -2.96. The molecule has 0 aliphatic rings. The summed E-state index contributed by atoms with van der Waals surface area (Å²) in [6.07, 6.45) is 1.26. The average molecular weight is 256 g/mol. The smallest absolute Gasteiger partial charge is 0.301 e. The SMILES string of the molecule is O=c1[nH]c(=O)c2ncn(-c3ccccc3)c(=O)c2[nH]1. The molecular weight excluding hydrogens is 248 g/mol. The molecule has 2 heterocycles. The van der Waals surface area contributed by atoms with E-state index in [1.807, 2.05) is 11.1 Å². The lowest BCUT2D eigenvalue weighted by Crippen LogP contribution is -2.29. The summed E-state index contributed by atoms with van der Waals surface area (Å²) in [6, 6.07) is 8.80. The van der Waals surface area contributed by atoms with Crippen molar-refractivity contribution in [3.05, 3.63) is 67.9 Å². The summed E-state index contributed by atoms with van der Waals surface area (Å²) in [6.45, 7) is 0. The van der Waals surface area contributed by atoms with Crippen molar-refractivity contribution in [3.63, 3.8) is 0 Å². The third-order valence-corrected chi connectivity index (χ3v) is 2.69. The molecule has 1 aromatic carbocycles. The zero-order chi connectivity index (χ0) is 13.4. The maximum Gasteiger partial charge on any atom is 0.326 e.